The summed E-state index contributed by atoms with van der Waals surface area (Å²) in [5, 5.41) is 13.8. The van der Waals surface area contributed by atoms with Crippen LogP contribution in [0.1, 0.15) is 57.5 Å². The number of carbonyl (C=O) groups excluding carboxylic acids is 1. The molecule has 2 rings (SSSR count). The van der Waals surface area contributed by atoms with Gasteiger partial charge in [0.25, 0.3) is 0 Å². The van der Waals surface area contributed by atoms with Crippen LogP contribution < -0.4 is 5.32 Å². The zero-order valence-corrected chi connectivity index (χ0v) is 14.6. The smallest absolute Gasteiger partial charge is 0.224 e. The molecule has 5 heteroatoms. The van der Waals surface area contributed by atoms with Gasteiger partial charge in [0, 0.05) is 32.1 Å². The van der Waals surface area contributed by atoms with Gasteiger partial charge in [0.05, 0.1) is 0 Å². The average Bonchev–Trinajstić information content (AvgIpc) is 2.77. The molecular formula is C18H30N2O3. The first-order valence-corrected chi connectivity index (χ1v) is 8.69. The summed E-state index contributed by atoms with van der Waals surface area (Å²) in [5.74, 6) is 1.54. The lowest BCUT2D eigenvalue weighted by molar-refractivity contribution is -0.131. The van der Waals surface area contributed by atoms with E-state index in [4.69, 9.17) is 4.42 Å². The maximum atomic E-state index is 12.4. The van der Waals surface area contributed by atoms with Gasteiger partial charge in [-0.15, -0.1) is 0 Å². The van der Waals surface area contributed by atoms with Crippen molar-refractivity contribution in [2.75, 3.05) is 19.6 Å². The van der Waals surface area contributed by atoms with E-state index in [0.717, 1.165) is 31.7 Å². The van der Waals surface area contributed by atoms with Gasteiger partial charge in [0.2, 0.25) is 5.91 Å². The number of likely N-dealkylation sites (tertiary alicyclic amines) is 1. The largest absolute Gasteiger partial charge is 0.463 e. The van der Waals surface area contributed by atoms with E-state index >= 15 is 0 Å². The molecule has 5 nitrogen and oxygen atoms in total. The average molecular weight is 322 g/mol. The Balaban J connectivity index is 1.79. The molecule has 1 aliphatic rings. The maximum absolute atomic E-state index is 12.4. The van der Waals surface area contributed by atoms with Crippen molar-refractivity contribution in [3.05, 3.63) is 23.7 Å². The van der Waals surface area contributed by atoms with Gasteiger partial charge >= 0.3 is 0 Å². The standard InChI is InChI=1S/C18H30N2O3/c1-14(12-17(21)20-10-6-4-5-7-11-20)19-13-18(3,22)16-9-8-15(2)23-16/h8-9,14,19,22H,4-7,10-13H2,1-3H3. The number of hydrogen-bond donors (Lipinski definition) is 2. The summed E-state index contributed by atoms with van der Waals surface area (Å²) in [5.41, 5.74) is -1.08. The summed E-state index contributed by atoms with van der Waals surface area (Å²) in [7, 11) is 0. The third-order valence-corrected chi connectivity index (χ3v) is 4.51. The molecule has 2 N–H and O–H groups in total. The first kappa shape index (κ1) is 18.0. The molecule has 2 atom stereocenters. The molecule has 1 aromatic heterocycles. The zero-order valence-electron chi connectivity index (χ0n) is 14.6. The lowest BCUT2D eigenvalue weighted by atomic mass is 10.0. The molecule has 0 aromatic carbocycles. The highest BCUT2D eigenvalue weighted by atomic mass is 16.4. The number of amides is 1. The van der Waals surface area contributed by atoms with E-state index in [1.165, 1.54) is 12.8 Å². The van der Waals surface area contributed by atoms with Crippen LogP contribution in [0, 0.1) is 6.92 Å². The predicted octanol–water partition coefficient (Wildman–Crippen LogP) is 2.57. The van der Waals surface area contributed by atoms with Crippen molar-refractivity contribution in [1.82, 2.24) is 10.2 Å². The Hall–Kier alpha value is -1.33. The van der Waals surface area contributed by atoms with Crippen molar-refractivity contribution in [3.8, 4) is 0 Å². The van der Waals surface area contributed by atoms with Crippen molar-refractivity contribution in [1.29, 1.82) is 0 Å². The molecule has 0 spiro atoms. The molecule has 0 saturated carbocycles. The number of rotatable bonds is 6. The summed E-state index contributed by atoms with van der Waals surface area (Å²) >= 11 is 0. The Morgan fingerprint density at radius 1 is 1.35 bits per heavy atom. The van der Waals surface area contributed by atoms with Crippen LogP contribution in [0.5, 0.6) is 0 Å². The number of aliphatic hydroxyl groups is 1. The Bertz CT molecular complexity index is 502. The number of nitrogens with zero attached hydrogens (tertiary/aromatic N) is 1. The van der Waals surface area contributed by atoms with Gasteiger partial charge in [-0.3, -0.25) is 4.79 Å². The predicted molar refractivity (Wildman–Crippen MR) is 90.1 cm³/mol. The fourth-order valence-electron chi connectivity index (χ4n) is 2.97. The second kappa shape index (κ2) is 7.97. The zero-order chi connectivity index (χ0) is 16.9. The van der Waals surface area contributed by atoms with Gasteiger partial charge in [-0.1, -0.05) is 12.8 Å². The van der Waals surface area contributed by atoms with Gasteiger partial charge < -0.3 is 19.7 Å². The van der Waals surface area contributed by atoms with E-state index in [2.05, 4.69) is 5.32 Å². The van der Waals surface area contributed by atoms with Crippen LogP contribution in [0.25, 0.3) is 0 Å². The molecule has 0 radical (unpaired) electrons. The van der Waals surface area contributed by atoms with Crippen molar-refractivity contribution >= 4 is 5.91 Å². The molecule has 1 aromatic rings. The van der Waals surface area contributed by atoms with Crippen LogP contribution in [-0.2, 0) is 10.4 Å². The number of furan rings is 1. The second-order valence-electron chi connectivity index (χ2n) is 6.97. The molecule has 0 aliphatic carbocycles. The van der Waals surface area contributed by atoms with Crippen LogP contribution in [0.2, 0.25) is 0 Å². The second-order valence-corrected chi connectivity index (χ2v) is 6.97. The summed E-state index contributed by atoms with van der Waals surface area (Å²) in [6.45, 7) is 7.69. The Kier molecular flexibility index (Phi) is 6.25. The first-order valence-electron chi connectivity index (χ1n) is 8.69. The van der Waals surface area contributed by atoms with E-state index in [9.17, 15) is 9.90 Å². The topological polar surface area (TPSA) is 65.7 Å². The monoisotopic (exact) mass is 322 g/mol. The van der Waals surface area contributed by atoms with Crippen molar-refractivity contribution in [3.63, 3.8) is 0 Å². The van der Waals surface area contributed by atoms with E-state index in [1.807, 2.05) is 24.8 Å². The molecule has 1 amide bonds. The lowest BCUT2D eigenvalue weighted by Gasteiger charge is -2.26. The third kappa shape index (κ3) is 5.36. The molecule has 2 heterocycles. The number of nitrogens with one attached hydrogen (secondary N) is 1. The molecule has 0 bridgehead atoms. The van der Waals surface area contributed by atoms with E-state index in [-0.39, 0.29) is 11.9 Å². The molecule has 1 aliphatic heterocycles. The van der Waals surface area contributed by atoms with Crippen molar-refractivity contribution in [2.24, 2.45) is 0 Å². The quantitative estimate of drug-likeness (QED) is 0.845. The fourth-order valence-corrected chi connectivity index (χ4v) is 2.97. The normalized spacial score (nSPS) is 19.9. The van der Waals surface area contributed by atoms with Crippen LogP contribution in [0.4, 0.5) is 0 Å². The Labute approximate surface area is 139 Å². The first-order chi connectivity index (χ1) is 10.9. The highest BCUT2D eigenvalue weighted by molar-refractivity contribution is 5.76. The highest BCUT2D eigenvalue weighted by Gasteiger charge is 2.27. The highest BCUT2D eigenvalue weighted by Crippen LogP contribution is 2.22. The third-order valence-electron chi connectivity index (χ3n) is 4.51. The Morgan fingerprint density at radius 3 is 2.57 bits per heavy atom. The fraction of sp³-hybridized carbons (Fsp3) is 0.722. The van der Waals surface area contributed by atoms with Gasteiger partial charge in [-0.2, -0.15) is 0 Å². The molecule has 2 unspecified atom stereocenters. The molecule has 23 heavy (non-hydrogen) atoms. The van der Waals surface area contributed by atoms with Gasteiger partial charge in [-0.05, 0) is 45.7 Å². The minimum atomic E-state index is -1.08. The van der Waals surface area contributed by atoms with Crippen LogP contribution in [0.15, 0.2) is 16.5 Å². The van der Waals surface area contributed by atoms with Crippen LogP contribution in [-0.4, -0.2) is 41.6 Å². The van der Waals surface area contributed by atoms with E-state index < -0.39 is 5.60 Å². The van der Waals surface area contributed by atoms with Crippen LogP contribution >= 0.6 is 0 Å². The molecule has 1 saturated heterocycles. The van der Waals surface area contributed by atoms with Crippen molar-refractivity contribution in [2.45, 2.75) is 64.5 Å². The molecule has 1 fully saturated rings. The van der Waals surface area contributed by atoms with Gasteiger partial charge in [0.1, 0.15) is 17.1 Å². The van der Waals surface area contributed by atoms with Crippen LogP contribution in [0.3, 0.4) is 0 Å². The lowest BCUT2D eigenvalue weighted by Crippen LogP contribution is -2.42. The molecule has 130 valence electrons. The molecular weight excluding hydrogens is 292 g/mol. The minimum Gasteiger partial charge on any atom is -0.463 e. The summed E-state index contributed by atoms with van der Waals surface area (Å²) < 4.78 is 5.51. The SMILES string of the molecule is Cc1ccc(C(C)(O)CNC(C)CC(=O)N2CCCCCC2)o1. The Morgan fingerprint density at radius 2 is 2.00 bits per heavy atom. The summed E-state index contributed by atoms with van der Waals surface area (Å²) in [6.07, 6.45) is 5.14. The summed E-state index contributed by atoms with van der Waals surface area (Å²) in [4.78, 5) is 14.3. The van der Waals surface area contributed by atoms with E-state index in [0.29, 0.717) is 18.7 Å². The number of hydrogen-bond acceptors (Lipinski definition) is 4. The maximum Gasteiger partial charge on any atom is 0.224 e. The summed E-state index contributed by atoms with van der Waals surface area (Å²) in [6, 6.07) is 3.66. The van der Waals surface area contributed by atoms with Gasteiger partial charge in [0.15, 0.2) is 0 Å². The number of carbonyl (C=O) groups is 1. The van der Waals surface area contributed by atoms with Crippen molar-refractivity contribution < 1.29 is 14.3 Å². The number of aryl methyl sites for hydroxylation is 1. The minimum absolute atomic E-state index is 0.0216. The van der Waals surface area contributed by atoms with E-state index in [1.54, 1.807) is 13.0 Å². The van der Waals surface area contributed by atoms with Gasteiger partial charge in [-0.25, -0.2) is 0 Å².